The minimum absolute atomic E-state index is 0.322. The summed E-state index contributed by atoms with van der Waals surface area (Å²) in [7, 11) is 1.56. The van der Waals surface area contributed by atoms with Gasteiger partial charge in [0.15, 0.2) is 0 Å². The van der Waals surface area contributed by atoms with Gasteiger partial charge in [0.2, 0.25) is 0 Å². The highest BCUT2D eigenvalue weighted by atomic mass is 16.5. The monoisotopic (exact) mass is 288 g/mol. The molecule has 0 spiro atoms. The second kappa shape index (κ2) is 7.68. The van der Waals surface area contributed by atoms with E-state index in [1.807, 2.05) is 0 Å². The number of aliphatic carboxylic acids is 2. The minimum Gasteiger partial charge on any atom is -0.481 e. The van der Waals surface area contributed by atoms with Crippen molar-refractivity contribution in [3.05, 3.63) is 0 Å². The van der Waals surface area contributed by atoms with Crippen molar-refractivity contribution in [2.75, 3.05) is 26.8 Å². The van der Waals surface area contributed by atoms with E-state index in [0.29, 0.717) is 25.7 Å². The highest BCUT2D eigenvalue weighted by Gasteiger charge is 2.25. The summed E-state index contributed by atoms with van der Waals surface area (Å²) >= 11 is 0. The molecular weight excluding hydrogens is 268 g/mol. The van der Waals surface area contributed by atoms with Gasteiger partial charge < -0.3 is 25.2 Å². The van der Waals surface area contributed by atoms with Crippen LogP contribution in [0.15, 0.2) is 0 Å². The molecule has 0 aromatic rings. The Morgan fingerprint density at radius 1 is 1.30 bits per heavy atom. The van der Waals surface area contributed by atoms with Gasteiger partial charge >= 0.3 is 18.0 Å². The summed E-state index contributed by atoms with van der Waals surface area (Å²) in [5.74, 6) is -2.31. The molecule has 20 heavy (non-hydrogen) atoms. The van der Waals surface area contributed by atoms with Gasteiger partial charge in [0, 0.05) is 26.8 Å². The molecule has 1 heterocycles. The van der Waals surface area contributed by atoms with E-state index in [1.54, 1.807) is 7.05 Å². The predicted octanol–water partition coefficient (Wildman–Crippen LogP) is -0.0177. The van der Waals surface area contributed by atoms with E-state index in [0.717, 1.165) is 12.8 Å². The number of nitrogens with zero attached hydrogens (tertiary/aromatic N) is 1. The van der Waals surface area contributed by atoms with E-state index in [1.165, 1.54) is 4.90 Å². The lowest BCUT2D eigenvalue weighted by molar-refractivity contribution is -0.145. The summed E-state index contributed by atoms with van der Waals surface area (Å²) in [6.45, 7) is 1.82. The summed E-state index contributed by atoms with van der Waals surface area (Å²) in [5, 5.41) is 19.7. The van der Waals surface area contributed by atoms with Crippen LogP contribution in [0.1, 0.15) is 19.3 Å². The van der Waals surface area contributed by atoms with Crippen molar-refractivity contribution < 1.29 is 29.3 Å². The fraction of sp³-hybridized carbons (Fsp3) is 0.750. The molecule has 0 unspecified atom stereocenters. The van der Waals surface area contributed by atoms with Gasteiger partial charge in [-0.2, -0.15) is 0 Å². The van der Waals surface area contributed by atoms with Gasteiger partial charge in [0.1, 0.15) is 6.04 Å². The van der Waals surface area contributed by atoms with Crippen molar-refractivity contribution in [3.8, 4) is 0 Å². The number of carbonyl (C=O) groups excluding carboxylic acids is 1. The van der Waals surface area contributed by atoms with Gasteiger partial charge in [0.25, 0.3) is 0 Å². The summed E-state index contributed by atoms with van der Waals surface area (Å²) in [5.41, 5.74) is 0. The predicted molar refractivity (Wildman–Crippen MR) is 68.4 cm³/mol. The Bertz CT molecular complexity index is 367. The molecule has 0 aliphatic carbocycles. The van der Waals surface area contributed by atoms with E-state index >= 15 is 0 Å². The normalized spacial score (nSPS) is 17.2. The lowest BCUT2D eigenvalue weighted by Gasteiger charge is -2.28. The van der Waals surface area contributed by atoms with Crippen molar-refractivity contribution >= 4 is 18.0 Å². The second-order valence-corrected chi connectivity index (χ2v) is 4.87. The Morgan fingerprint density at radius 2 is 1.90 bits per heavy atom. The molecule has 1 atom stereocenters. The van der Waals surface area contributed by atoms with Crippen LogP contribution < -0.4 is 5.32 Å². The molecule has 0 bridgehead atoms. The van der Waals surface area contributed by atoms with Gasteiger partial charge in [-0.25, -0.2) is 9.59 Å². The topological polar surface area (TPSA) is 116 Å². The number of nitrogens with one attached hydrogen (secondary N) is 1. The maximum atomic E-state index is 11.8. The number of carboxylic acids is 2. The molecular formula is C12H20N2O6. The van der Waals surface area contributed by atoms with Gasteiger partial charge in [-0.3, -0.25) is 4.79 Å². The first-order valence-corrected chi connectivity index (χ1v) is 6.44. The minimum atomic E-state index is -1.42. The third-order valence-electron chi connectivity index (χ3n) is 3.19. The molecule has 1 aliphatic heterocycles. The van der Waals surface area contributed by atoms with Gasteiger partial charge in [-0.05, 0) is 18.8 Å². The second-order valence-electron chi connectivity index (χ2n) is 4.87. The van der Waals surface area contributed by atoms with Crippen LogP contribution in [-0.4, -0.2) is 65.9 Å². The Kier molecular flexibility index (Phi) is 6.23. The van der Waals surface area contributed by atoms with Gasteiger partial charge in [-0.15, -0.1) is 0 Å². The van der Waals surface area contributed by atoms with Crippen molar-refractivity contribution in [2.24, 2.45) is 5.92 Å². The molecule has 3 N–H and O–H groups in total. The maximum absolute atomic E-state index is 11.8. The average molecular weight is 288 g/mol. The summed E-state index contributed by atoms with van der Waals surface area (Å²) in [6, 6.07) is -2.00. The zero-order valence-corrected chi connectivity index (χ0v) is 11.4. The molecule has 114 valence electrons. The molecule has 1 fully saturated rings. The number of hydrogen-bond donors (Lipinski definition) is 3. The Balaban J connectivity index is 2.45. The first-order valence-electron chi connectivity index (χ1n) is 6.44. The molecule has 0 radical (unpaired) electrons. The lowest BCUT2D eigenvalue weighted by Crippen LogP contribution is -2.48. The molecule has 1 saturated heterocycles. The molecule has 8 heteroatoms. The Morgan fingerprint density at radius 3 is 2.40 bits per heavy atom. The molecule has 0 saturated carbocycles. The van der Waals surface area contributed by atoms with Crippen LogP contribution in [0.25, 0.3) is 0 Å². The van der Waals surface area contributed by atoms with Crippen LogP contribution >= 0.6 is 0 Å². The number of carboxylic acid groups (broad SMARTS) is 2. The highest BCUT2D eigenvalue weighted by molar-refractivity contribution is 5.86. The van der Waals surface area contributed by atoms with Crippen LogP contribution in [0.3, 0.4) is 0 Å². The van der Waals surface area contributed by atoms with Crippen molar-refractivity contribution in [1.82, 2.24) is 10.2 Å². The lowest BCUT2D eigenvalue weighted by atomic mass is 10.00. The van der Waals surface area contributed by atoms with E-state index in [2.05, 4.69) is 5.32 Å². The van der Waals surface area contributed by atoms with Crippen LogP contribution in [0.4, 0.5) is 4.79 Å². The number of hydrogen-bond acceptors (Lipinski definition) is 4. The number of carbonyl (C=O) groups is 3. The van der Waals surface area contributed by atoms with Crippen LogP contribution in [-0.2, 0) is 14.3 Å². The van der Waals surface area contributed by atoms with Crippen LogP contribution in [0.2, 0.25) is 0 Å². The highest BCUT2D eigenvalue weighted by Crippen LogP contribution is 2.15. The third-order valence-corrected chi connectivity index (χ3v) is 3.19. The number of ether oxygens (including phenoxy) is 1. The van der Waals surface area contributed by atoms with Gasteiger partial charge in [-0.1, -0.05) is 0 Å². The van der Waals surface area contributed by atoms with Gasteiger partial charge in [0.05, 0.1) is 6.42 Å². The molecule has 1 aliphatic rings. The summed E-state index contributed by atoms with van der Waals surface area (Å²) in [6.07, 6.45) is 1.07. The molecule has 0 aromatic carbocycles. The standard InChI is InChI=1S/C12H20N2O6/c1-14(7-8-2-4-20-5-3-8)12(19)13-9(11(17)18)6-10(15)16/h8-9H,2-7H2,1H3,(H,13,19)(H,15,16)(H,17,18)/t9-/m1/s1. The van der Waals surface area contributed by atoms with Crippen LogP contribution in [0.5, 0.6) is 0 Å². The van der Waals surface area contributed by atoms with E-state index < -0.39 is 30.4 Å². The molecule has 0 aromatic heterocycles. The first-order chi connectivity index (χ1) is 9.40. The van der Waals surface area contributed by atoms with E-state index in [9.17, 15) is 14.4 Å². The molecule has 8 nitrogen and oxygen atoms in total. The van der Waals surface area contributed by atoms with E-state index in [4.69, 9.17) is 14.9 Å². The zero-order valence-electron chi connectivity index (χ0n) is 11.4. The van der Waals surface area contributed by atoms with Crippen molar-refractivity contribution in [3.63, 3.8) is 0 Å². The fourth-order valence-corrected chi connectivity index (χ4v) is 2.03. The number of amides is 2. The van der Waals surface area contributed by atoms with E-state index in [-0.39, 0.29) is 0 Å². The fourth-order valence-electron chi connectivity index (χ4n) is 2.03. The largest absolute Gasteiger partial charge is 0.481 e. The smallest absolute Gasteiger partial charge is 0.326 e. The maximum Gasteiger partial charge on any atom is 0.326 e. The quantitative estimate of drug-likeness (QED) is 0.632. The number of urea groups is 1. The SMILES string of the molecule is CN(CC1CCOCC1)C(=O)N[C@H](CC(=O)O)C(=O)O. The van der Waals surface area contributed by atoms with Crippen molar-refractivity contribution in [1.29, 1.82) is 0 Å². The molecule has 1 rings (SSSR count). The Labute approximate surface area is 116 Å². The van der Waals surface area contributed by atoms with Crippen LogP contribution in [0, 0.1) is 5.92 Å². The number of rotatable bonds is 6. The molecule has 2 amide bonds. The van der Waals surface area contributed by atoms with Crippen molar-refractivity contribution in [2.45, 2.75) is 25.3 Å². The third kappa shape index (κ3) is 5.43. The Hall–Kier alpha value is -1.83. The zero-order chi connectivity index (χ0) is 15.1. The summed E-state index contributed by atoms with van der Waals surface area (Å²) < 4.78 is 5.22. The summed E-state index contributed by atoms with van der Waals surface area (Å²) in [4.78, 5) is 34.6. The average Bonchev–Trinajstić information content (AvgIpc) is 2.38. The first kappa shape index (κ1) is 16.2.